The molecule has 0 atom stereocenters. The van der Waals surface area contributed by atoms with Crippen molar-refractivity contribution in [3.63, 3.8) is 0 Å². The fourth-order valence-corrected chi connectivity index (χ4v) is 5.42. The van der Waals surface area contributed by atoms with E-state index in [1.54, 1.807) is 13.0 Å². The lowest BCUT2D eigenvalue weighted by atomic mass is 9.73. The van der Waals surface area contributed by atoms with E-state index in [-0.39, 0.29) is 11.8 Å². The summed E-state index contributed by atoms with van der Waals surface area (Å²) in [6, 6.07) is 13.6. The average Bonchev–Trinajstić information content (AvgIpc) is 3.10. The molecule has 0 unspecified atom stereocenters. The van der Waals surface area contributed by atoms with E-state index in [0.717, 1.165) is 80.1 Å². The standard InChI is InChI=1S/C26H28N4O3/c1-18(31)30-10-2-3-20-16-21(5-7-24(20)30)33-14-13-29-11-8-26(9-12-29)22-15-19(17-27)4-6-23(22)28-25(26)32/h4-7,15-16H,2-3,8-14H2,1H3,(H,28,32). The summed E-state index contributed by atoms with van der Waals surface area (Å²) in [4.78, 5) is 28.9. The van der Waals surface area contributed by atoms with E-state index < -0.39 is 5.41 Å². The maximum absolute atomic E-state index is 12.8. The molecule has 0 aromatic heterocycles. The van der Waals surface area contributed by atoms with Gasteiger partial charge in [0.15, 0.2) is 0 Å². The number of likely N-dealkylation sites (tertiary alicyclic amines) is 1. The van der Waals surface area contributed by atoms with E-state index in [9.17, 15) is 14.9 Å². The van der Waals surface area contributed by atoms with Crippen molar-refractivity contribution in [1.29, 1.82) is 5.26 Å². The number of nitrogens with one attached hydrogen (secondary N) is 1. The number of anilines is 2. The Kier molecular flexibility index (Phi) is 5.55. The molecule has 0 bridgehead atoms. The molecule has 3 aliphatic heterocycles. The molecule has 1 fully saturated rings. The quantitative estimate of drug-likeness (QED) is 0.783. The molecule has 0 radical (unpaired) electrons. The Labute approximate surface area is 193 Å². The Balaban J connectivity index is 1.18. The molecule has 0 aliphatic carbocycles. The van der Waals surface area contributed by atoms with Crippen molar-refractivity contribution in [1.82, 2.24) is 4.90 Å². The lowest BCUT2D eigenvalue weighted by molar-refractivity contribution is -0.122. The van der Waals surface area contributed by atoms with Gasteiger partial charge in [0.1, 0.15) is 12.4 Å². The number of carbonyl (C=O) groups is 2. The Hall–Kier alpha value is -3.37. The van der Waals surface area contributed by atoms with Crippen LogP contribution in [0.2, 0.25) is 0 Å². The largest absolute Gasteiger partial charge is 0.492 e. The number of fused-ring (bicyclic) bond motifs is 3. The summed E-state index contributed by atoms with van der Waals surface area (Å²) in [5, 5.41) is 12.3. The van der Waals surface area contributed by atoms with Gasteiger partial charge in [-0.15, -0.1) is 0 Å². The molecule has 7 heteroatoms. The van der Waals surface area contributed by atoms with Crippen LogP contribution in [0.4, 0.5) is 11.4 Å². The summed E-state index contributed by atoms with van der Waals surface area (Å²) in [5.41, 5.74) is 4.04. The van der Waals surface area contributed by atoms with Crippen LogP contribution in [0.3, 0.4) is 0 Å². The summed E-state index contributed by atoms with van der Waals surface area (Å²) in [5.74, 6) is 0.966. The van der Waals surface area contributed by atoms with E-state index >= 15 is 0 Å². The van der Waals surface area contributed by atoms with Crippen LogP contribution in [-0.2, 0) is 21.4 Å². The topological polar surface area (TPSA) is 85.7 Å². The molecule has 1 saturated heterocycles. The third-order valence-electron chi connectivity index (χ3n) is 7.28. The van der Waals surface area contributed by atoms with Gasteiger partial charge in [0.25, 0.3) is 0 Å². The average molecular weight is 445 g/mol. The summed E-state index contributed by atoms with van der Waals surface area (Å²) in [6.45, 7) is 5.37. The minimum absolute atomic E-state index is 0.0529. The van der Waals surface area contributed by atoms with E-state index in [4.69, 9.17) is 4.74 Å². The third-order valence-corrected chi connectivity index (χ3v) is 7.28. The molecule has 2 amide bonds. The zero-order valence-corrected chi connectivity index (χ0v) is 18.9. The van der Waals surface area contributed by atoms with Gasteiger partial charge in [-0.1, -0.05) is 0 Å². The van der Waals surface area contributed by atoms with Crippen LogP contribution in [0.5, 0.6) is 5.75 Å². The monoisotopic (exact) mass is 444 g/mol. The summed E-state index contributed by atoms with van der Waals surface area (Å²) >= 11 is 0. The van der Waals surface area contributed by atoms with Gasteiger partial charge in [0, 0.05) is 31.4 Å². The van der Waals surface area contributed by atoms with Crippen LogP contribution < -0.4 is 15.0 Å². The van der Waals surface area contributed by atoms with Crippen LogP contribution >= 0.6 is 0 Å². The van der Waals surface area contributed by atoms with Gasteiger partial charge in [0.05, 0.1) is 17.0 Å². The Morgan fingerprint density at radius 3 is 2.76 bits per heavy atom. The molecule has 1 N–H and O–H groups in total. The maximum Gasteiger partial charge on any atom is 0.235 e. The second-order valence-corrected chi connectivity index (χ2v) is 9.16. The van der Waals surface area contributed by atoms with E-state index in [0.29, 0.717) is 12.2 Å². The fraction of sp³-hybridized carbons (Fsp3) is 0.423. The number of rotatable bonds is 4. The van der Waals surface area contributed by atoms with Crippen molar-refractivity contribution >= 4 is 23.2 Å². The van der Waals surface area contributed by atoms with Gasteiger partial charge in [-0.2, -0.15) is 5.26 Å². The Bertz CT molecular complexity index is 1140. The molecule has 0 saturated carbocycles. The molecule has 3 heterocycles. The van der Waals surface area contributed by atoms with E-state index in [2.05, 4.69) is 22.4 Å². The molecule has 7 nitrogen and oxygen atoms in total. The first-order valence-electron chi connectivity index (χ1n) is 11.6. The number of carbonyl (C=O) groups excluding carboxylic acids is 2. The highest BCUT2D eigenvalue weighted by molar-refractivity contribution is 6.06. The van der Waals surface area contributed by atoms with Gasteiger partial charge < -0.3 is 15.0 Å². The van der Waals surface area contributed by atoms with Crippen LogP contribution in [0.1, 0.15) is 42.9 Å². The zero-order valence-electron chi connectivity index (χ0n) is 18.9. The van der Waals surface area contributed by atoms with Crippen LogP contribution in [0.15, 0.2) is 36.4 Å². The molecule has 5 rings (SSSR count). The van der Waals surface area contributed by atoms with Gasteiger partial charge in [-0.3, -0.25) is 14.5 Å². The SMILES string of the molecule is CC(=O)N1CCCc2cc(OCCN3CCC4(CC3)C(=O)Nc3ccc(C#N)cc34)ccc21. The first-order chi connectivity index (χ1) is 16.0. The molecule has 1 spiro atoms. The molecule has 2 aromatic rings. The Morgan fingerprint density at radius 2 is 2.00 bits per heavy atom. The number of aryl methyl sites for hydroxylation is 1. The summed E-state index contributed by atoms with van der Waals surface area (Å²) < 4.78 is 6.03. The lowest BCUT2D eigenvalue weighted by Crippen LogP contribution is -2.47. The van der Waals surface area contributed by atoms with E-state index in [1.807, 2.05) is 29.2 Å². The lowest BCUT2D eigenvalue weighted by Gasteiger charge is -2.38. The number of nitriles is 1. The highest BCUT2D eigenvalue weighted by atomic mass is 16.5. The first kappa shape index (κ1) is 21.5. The third kappa shape index (κ3) is 3.85. The smallest absolute Gasteiger partial charge is 0.235 e. The van der Waals surface area contributed by atoms with Crippen LogP contribution in [0, 0.1) is 11.3 Å². The normalized spacial score (nSPS) is 18.9. The highest BCUT2D eigenvalue weighted by Gasteiger charge is 2.48. The molecular formula is C26H28N4O3. The number of piperidine rings is 1. The summed E-state index contributed by atoms with van der Waals surface area (Å²) in [7, 11) is 0. The predicted molar refractivity (Wildman–Crippen MR) is 125 cm³/mol. The number of amides is 2. The van der Waals surface area contributed by atoms with E-state index in [1.165, 1.54) is 0 Å². The minimum Gasteiger partial charge on any atom is -0.492 e. The number of nitrogens with zero attached hydrogens (tertiary/aromatic N) is 3. The minimum atomic E-state index is -0.527. The fourth-order valence-electron chi connectivity index (χ4n) is 5.42. The van der Waals surface area contributed by atoms with Crippen molar-refractivity contribution in [2.24, 2.45) is 0 Å². The molecule has 170 valence electrons. The van der Waals surface area contributed by atoms with Gasteiger partial charge in [0.2, 0.25) is 11.8 Å². The molecular weight excluding hydrogens is 416 g/mol. The van der Waals surface area contributed by atoms with Crippen molar-refractivity contribution in [2.45, 2.75) is 38.0 Å². The first-order valence-corrected chi connectivity index (χ1v) is 11.6. The predicted octanol–water partition coefficient (Wildman–Crippen LogP) is 3.22. The second-order valence-electron chi connectivity index (χ2n) is 9.16. The molecule has 3 aliphatic rings. The number of benzene rings is 2. The summed E-state index contributed by atoms with van der Waals surface area (Å²) in [6.07, 6.45) is 3.40. The zero-order chi connectivity index (χ0) is 23.0. The van der Waals surface area contributed by atoms with Gasteiger partial charge >= 0.3 is 0 Å². The van der Waals surface area contributed by atoms with Crippen LogP contribution in [-0.4, -0.2) is 49.5 Å². The number of hydrogen-bond acceptors (Lipinski definition) is 5. The van der Waals surface area contributed by atoms with Crippen molar-refractivity contribution in [2.75, 3.05) is 43.0 Å². The highest BCUT2D eigenvalue weighted by Crippen LogP contribution is 2.45. The second kappa shape index (κ2) is 8.53. The number of hydrogen-bond donors (Lipinski definition) is 1. The van der Waals surface area contributed by atoms with Gasteiger partial charge in [-0.25, -0.2) is 0 Å². The van der Waals surface area contributed by atoms with Crippen molar-refractivity contribution < 1.29 is 14.3 Å². The van der Waals surface area contributed by atoms with Crippen molar-refractivity contribution in [3.8, 4) is 11.8 Å². The van der Waals surface area contributed by atoms with Gasteiger partial charge in [-0.05, 0) is 86.3 Å². The maximum atomic E-state index is 12.8. The Morgan fingerprint density at radius 1 is 1.18 bits per heavy atom. The molecule has 33 heavy (non-hydrogen) atoms. The molecule has 2 aromatic carbocycles. The van der Waals surface area contributed by atoms with Crippen LogP contribution in [0.25, 0.3) is 0 Å². The van der Waals surface area contributed by atoms with Crippen molar-refractivity contribution in [3.05, 3.63) is 53.1 Å². The number of ether oxygens (including phenoxy) is 1.